The monoisotopic (exact) mass is 314 g/mol. The first-order valence-corrected chi connectivity index (χ1v) is 7.33. The van der Waals surface area contributed by atoms with E-state index in [1.807, 2.05) is 0 Å². The summed E-state index contributed by atoms with van der Waals surface area (Å²) in [6, 6.07) is 0. The molecule has 11 heteroatoms. The van der Waals surface area contributed by atoms with Gasteiger partial charge in [0.1, 0.15) is 5.92 Å². The summed E-state index contributed by atoms with van der Waals surface area (Å²) in [6.07, 6.45) is 0. The molecule has 0 saturated carbocycles. The average molecular weight is 314 g/mol. The second-order valence-electron chi connectivity index (χ2n) is 4.48. The van der Waals surface area contributed by atoms with Gasteiger partial charge >= 0.3 is 13.6 Å². The smallest absolute Gasteiger partial charge is 0.355 e. The average Bonchev–Trinajstić information content (AvgIpc) is 2.26. The van der Waals surface area contributed by atoms with Gasteiger partial charge in [0.25, 0.3) is 5.91 Å². The Balaban J connectivity index is 4.41. The highest BCUT2D eigenvalue weighted by atomic mass is 31.2. The molecule has 0 aromatic rings. The van der Waals surface area contributed by atoms with Crippen LogP contribution in [0.4, 0.5) is 0 Å². The molecular formula is C9H19N2O8P. The van der Waals surface area contributed by atoms with E-state index in [0.717, 1.165) is 0 Å². The number of nitrogens with one attached hydrogen (secondary N) is 1. The molecule has 2 unspecified atom stereocenters. The Morgan fingerprint density at radius 1 is 1.30 bits per heavy atom. The lowest BCUT2D eigenvalue weighted by atomic mass is 9.95. The highest BCUT2D eigenvalue weighted by molar-refractivity contribution is 7.52. The zero-order chi connectivity index (χ0) is 16.1. The van der Waals surface area contributed by atoms with Gasteiger partial charge in [0.15, 0.2) is 5.85 Å². The molecule has 10 nitrogen and oxygen atoms in total. The van der Waals surface area contributed by atoms with Crippen LogP contribution in [0.1, 0.15) is 13.8 Å². The molecule has 0 aromatic heterocycles. The third-order valence-corrected chi connectivity index (χ3v) is 3.39. The summed E-state index contributed by atoms with van der Waals surface area (Å²) in [5.74, 6) is -6.42. The third-order valence-electron chi connectivity index (χ3n) is 2.43. The molecule has 20 heavy (non-hydrogen) atoms. The number of rotatable bonds is 8. The molecule has 0 bridgehead atoms. The van der Waals surface area contributed by atoms with E-state index in [1.54, 1.807) is 0 Å². The van der Waals surface area contributed by atoms with E-state index in [9.17, 15) is 19.4 Å². The molecule has 1 amide bonds. The molecule has 0 saturated heterocycles. The second kappa shape index (κ2) is 7.67. The normalized spacial score (nSPS) is 14.9. The van der Waals surface area contributed by atoms with Crippen LogP contribution in [-0.2, 0) is 14.2 Å². The Labute approximate surface area is 115 Å². The van der Waals surface area contributed by atoms with Crippen molar-refractivity contribution < 1.29 is 39.4 Å². The van der Waals surface area contributed by atoms with Crippen molar-refractivity contribution in [3.63, 3.8) is 0 Å². The van der Waals surface area contributed by atoms with Crippen molar-refractivity contribution in [2.75, 3.05) is 13.2 Å². The van der Waals surface area contributed by atoms with Crippen LogP contribution in [0.15, 0.2) is 0 Å². The number of hydroxylamine groups is 2. The summed E-state index contributed by atoms with van der Waals surface area (Å²) in [7, 11) is -4.68. The summed E-state index contributed by atoms with van der Waals surface area (Å²) in [5, 5.41) is 29.6. The topological polar surface area (TPSA) is 168 Å². The number of hydrogen-bond acceptors (Lipinski definition) is 6. The van der Waals surface area contributed by atoms with E-state index in [2.05, 4.69) is 5.32 Å². The van der Waals surface area contributed by atoms with E-state index in [-0.39, 0.29) is 5.06 Å². The van der Waals surface area contributed by atoms with E-state index >= 15 is 0 Å². The van der Waals surface area contributed by atoms with Crippen LogP contribution in [0, 0.1) is 11.8 Å². The zero-order valence-corrected chi connectivity index (χ0v) is 11.9. The van der Waals surface area contributed by atoms with E-state index in [1.165, 1.54) is 13.8 Å². The predicted octanol–water partition coefficient (Wildman–Crippen LogP) is -1.40. The Hall–Kier alpha value is -1.03. The number of hydrogen-bond donors (Lipinski definition) is 6. The van der Waals surface area contributed by atoms with E-state index < -0.39 is 50.4 Å². The molecule has 118 valence electrons. The van der Waals surface area contributed by atoms with Gasteiger partial charge < -0.3 is 20.0 Å². The standard InChI is InChI=1S/C9H19N2O8P/c1-5(2)7(9(14)15)8(13)11(16)4-10-3-6(12)20(17,18)19/h5-7,10,12,16H,3-4H2,1-2H3,(H,14,15)(H2,17,18,19). The highest BCUT2D eigenvalue weighted by Crippen LogP contribution is 2.38. The molecule has 0 spiro atoms. The van der Waals surface area contributed by atoms with Crippen molar-refractivity contribution in [1.82, 2.24) is 10.4 Å². The van der Waals surface area contributed by atoms with Crippen molar-refractivity contribution in [3.8, 4) is 0 Å². The van der Waals surface area contributed by atoms with Gasteiger partial charge in [-0.05, 0) is 5.92 Å². The fraction of sp³-hybridized carbons (Fsp3) is 0.778. The first kappa shape index (κ1) is 19.0. The molecule has 0 radical (unpaired) electrons. The zero-order valence-electron chi connectivity index (χ0n) is 11.0. The van der Waals surface area contributed by atoms with Gasteiger partial charge in [0, 0.05) is 6.54 Å². The van der Waals surface area contributed by atoms with Crippen molar-refractivity contribution in [2.45, 2.75) is 19.7 Å². The molecule has 0 aliphatic carbocycles. The van der Waals surface area contributed by atoms with Crippen LogP contribution < -0.4 is 5.32 Å². The van der Waals surface area contributed by atoms with Crippen molar-refractivity contribution in [3.05, 3.63) is 0 Å². The number of aliphatic hydroxyl groups is 1. The second-order valence-corrected chi connectivity index (χ2v) is 6.25. The number of nitrogens with zero attached hydrogens (tertiary/aromatic N) is 1. The number of aliphatic carboxylic acids is 1. The van der Waals surface area contributed by atoms with Gasteiger partial charge in [-0.25, -0.2) is 5.06 Å². The fourth-order valence-corrected chi connectivity index (χ4v) is 1.70. The van der Waals surface area contributed by atoms with Crippen LogP contribution in [0.2, 0.25) is 0 Å². The Morgan fingerprint density at radius 3 is 2.15 bits per heavy atom. The van der Waals surface area contributed by atoms with Crippen LogP contribution in [-0.4, -0.2) is 61.2 Å². The number of aliphatic hydroxyl groups excluding tert-OH is 1. The lowest BCUT2D eigenvalue weighted by molar-refractivity contribution is -0.178. The Morgan fingerprint density at radius 2 is 1.80 bits per heavy atom. The summed E-state index contributed by atoms with van der Waals surface area (Å²) in [4.78, 5) is 39.7. The minimum atomic E-state index is -4.68. The number of amides is 1. The quantitative estimate of drug-likeness (QED) is 0.104. The minimum absolute atomic E-state index is 0.0885. The predicted molar refractivity (Wildman–Crippen MR) is 65.5 cm³/mol. The highest BCUT2D eigenvalue weighted by Gasteiger charge is 2.33. The molecule has 0 aliphatic heterocycles. The number of carboxylic acids is 1. The van der Waals surface area contributed by atoms with Gasteiger partial charge in [0.2, 0.25) is 0 Å². The summed E-state index contributed by atoms with van der Waals surface area (Å²) < 4.78 is 10.6. The molecule has 0 heterocycles. The van der Waals surface area contributed by atoms with Crippen LogP contribution in [0.25, 0.3) is 0 Å². The molecule has 0 aromatic carbocycles. The van der Waals surface area contributed by atoms with Crippen molar-refractivity contribution in [1.29, 1.82) is 0 Å². The first-order chi connectivity index (χ1) is 8.98. The molecular weight excluding hydrogens is 295 g/mol. The summed E-state index contributed by atoms with van der Waals surface area (Å²) in [6.45, 7) is 1.84. The van der Waals surface area contributed by atoms with Crippen molar-refractivity contribution >= 4 is 19.5 Å². The number of carbonyl (C=O) groups excluding carboxylic acids is 1. The van der Waals surface area contributed by atoms with Gasteiger partial charge in [-0.3, -0.25) is 24.7 Å². The fourth-order valence-electron chi connectivity index (χ4n) is 1.33. The Bertz CT molecular complexity index is 395. The largest absolute Gasteiger partial charge is 0.481 e. The van der Waals surface area contributed by atoms with Crippen LogP contribution >= 0.6 is 7.60 Å². The molecule has 6 N–H and O–H groups in total. The maximum atomic E-state index is 11.6. The van der Waals surface area contributed by atoms with Gasteiger partial charge in [-0.15, -0.1) is 0 Å². The molecule has 2 atom stereocenters. The maximum absolute atomic E-state index is 11.6. The molecule has 0 fully saturated rings. The van der Waals surface area contributed by atoms with Gasteiger partial charge in [-0.2, -0.15) is 0 Å². The SMILES string of the molecule is CC(C)C(C(=O)O)C(=O)N(O)CNCC(O)P(=O)(O)O. The Kier molecular flexibility index (Phi) is 7.28. The van der Waals surface area contributed by atoms with Gasteiger partial charge in [-0.1, -0.05) is 13.8 Å². The van der Waals surface area contributed by atoms with Crippen LogP contribution in [0.5, 0.6) is 0 Å². The number of carbonyl (C=O) groups is 2. The van der Waals surface area contributed by atoms with Crippen molar-refractivity contribution in [2.24, 2.45) is 11.8 Å². The molecule has 0 aliphatic rings. The maximum Gasteiger partial charge on any atom is 0.355 e. The van der Waals surface area contributed by atoms with E-state index in [4.69, 9.17) is 20.0 Å². The third kappa shape index (κ3) is 5.95. The number of carboxylic acid groups (broad SMARTS) is 1. The first-order valence-electron chi connectivity index (χ1n) is 5.65. The lowest BCUT2D eigenvalue weighted by Crippen LogP contribution is -2.45. The minimum Gasteiger partial charge on any atom is -0.481 e. The molecule has 0 rings (SSSR count). The van der Waals surface area contributed by atoms with Gasteiger partial charge in [0.05, 0.1) is 6.67 Å². The van der Waals surface area contributed by atoms with E-state index in [0.29, 0.717) is 0 Å². The lowest BCUT2D eigenvalue weighted by Gasteiger charge is -2.22. The summed E-state index contributed by atoms with van der Waals surface area (Å²) >= 11 is 0. The summed E-state index contributed by atoms with van der Waals surface area (Å²) in [5.41, 5.74) is 0. The van der Waals surface area contributed by atoms with Crippen LogP contribution in [0.3, 0.4) is 0 Å².